The molecule has 0 spiro atoms. The second kappa shape index (κ2) is 3.69. The Bertz CT molecular complexity index is 788. The fourth-order valence-electron chi connectivity index (χ4n) is 1.80. The Morgan fingerprint density at radius 3 is 2.89 bits per heavy atom. The average molecular weight is 242 g/mol. The standard InChI is InChI=1S/C12H10N4O2/c1-6-2-3-8-7(4-6)5-9(18-8)10-14-11(13)16-12(17)15-10/h2-5H,1H3,(H3,13,14,15,16,17). The minimum atomic E-state index is -0.547. The van der Waals surface area contributed by atoms with E-state index < -0.39 is 5.69 Å². The van der Waals surface area contributed by atoms with Crippen LogP contribution in [0.15, 0.2) is 33.5 Å². The number of H-pyrrole nitrogens is 1. The van der Waals surface area contributed by atoms with Crippen molar-refractivity contribution in [2.24, 2.45) is 0 Å². The monoisotopic (exact) mass is 242 g/mol. The molecule has 0 aliphatic heterocycles. The molecule has 0 bridgehead atoms. The van der Waals surface area contributed by atoms with Crippen molar-refractivity contribution in [3.05, 3.63) is 40.3 Å². The van der Waals surface area contributed by atoms with Crippen molar-refractivity contribution in [1.82, 2.24) is 15.0 Å². The number of nitrogens with zero attached hydrogens (tertiary/aromatic N) is 2. The van der Waals surface area contributed by atoms with E-state index in [0.29, 0.717) is 5.76 Å². The first-order chi connectivity index (χ1) is 8.61. The lowest BCUT2D eigenvalue weighted by Crippen LogP contribution is -2.15. The van der Waals surface area contributed by atoms with Crippen LogP contribution >= 0.6 is 0 Å². The summed E-state index contributed by atoms with van der Waals surface area (Å²) < 4.78 is 5.60. The van der Waals surface area contributed by atoms with Gasteiger partial charge in [0.2, 0.25) is 5.95 Å². The van der Waals surface area contributed by atoms with Gasteiger partial charge < -0.3 is 10.2 Å². The van der Waals surface area contributed by atoms with Crippen molar-refractivity contribution in [2.45, 2.75) is 6.92 Å². The largest absolute Gasteiger partial charge is 0.453 e. The molecule has 6 nitrogen and oxygen atoms in total. The van der Waals surface area contributed by atoms with Crippen LogP contribution in [0.5, 0.6) is 0 Å². The number of rotatable bonds is 1. The summed E-state index contributed by atoms with van der Waals surface area (Å²) in [7, 11) is 0. The van der Waals surface area contributed by atoms with E-state index in [1.165, 1.54) is 0 Å². The first-order valence-corrected chi connectivity index (χ1v) is 5.36. The van der Waals surface area contributed by atoms with Crippen molar-refractivity contribution in [1.29, 1.82) is 0 Å². The van der Waals surface area contributed by atoms with Crippen LogP contribution in [0.4, 0.5) is 5.95 Å². The van der Waals surface area contributed by atoms with Crippen LogP contribution in [0.3, 0.4) is 0 Å². The Labute approximate surface area is 101 Å². The lowest BCUT2D eigenvalue weighted by atomic mass is 10.2. The molecule has 0 saturated carbocycles. The molecule has 0 amide bonds. The number of anilines is 1. The SMILES string of the molecule is Cc1ccc2oc(-c3nc(N)nc(=O)[nH]3)cc2c1. The predicted molar refractivity (Wildman–Crippen MR) is 67.0 cm³/mol. The highest BCUT2D eigenvalue weighted by atomic mass is 16.3. The van der Waals surface area contributed by atoms with Crippen molar-refractivity contribution in [3.63, 3.8) is 0 Å². The van der Waals surface area contributed by atoms with Crippen molar-refractivity contribution < 1.29 is 4.42 Å². The summed E-state index contributed by atoms with van der Waals surface area (Å²) in [5.41, 5.74) is 6.74. The average Bonchev–Trinajstić information content (AvgIpc) is 2.70. The first-order valence-electron chi connectivity index (χ1n) is 5.36. The highest BCUT2D eigenvalue weighted by molar-refractivity contribution is 5.82. The fourth-order valence-corrected chi connectivity index (χ4v) is 1.80. The Morgan fingerprint density at radius 1 is 1.28 bits per heavy atom. The number of benzene rings is 1. The number of furan rings is 1. The van der Waals surface area contributed by atoms with E-state index in [1.54, 1.807) is 6.07 Å². The molecule has 0 atom stereocenters. The van der Waals surface area contributed by atoms with Crippen LogP contribution in [-0.2, 0) is 0 Å². The lowest BCUT2D eigenvalue weighted by molar-refractivity contribution is 0.624. The lowest BCUT2D eigenvalue weighted by Gasteiger charge is -1.95. The summed E-state index contributed by atoms with van der Waals surface area (Å²) in [5, 5.41) is 0.947. The van der Waals surface area contributed by atoms with E-state index >= 15 is 0 Å². The van der Waals surface area contributed by atoms with Crippen LogP contribution in [-0.4, -0.2) is 15.0 Å². The number of nitrogens with one attached hydrogen (secondary N) is 1. The summed E-state index contributed by atoms with van der Waals surface area (Å²) in [6, 6.07) is 7.62. The molecule has 0 unspecified atom stereocenters. The van der Waals surface area contributed by atoms with Gasteiger partial charge in [-0.05, 0) is 25.1 Å². The number of aromatic nitrogens is 3. The smallest absolute Gasteiger partial charge is 0.349 e. The number of aryl methyl sites for hydroxylation is 1. The minimum absolute atomic E-state index is 0.0783. The molecular formula is C12H10N4O2. The number of hydrogen-bond acceptors (Lipinski definition) is 5. The molecule has 1 aromatic carbocycles. The molecule has 0 fully saturated rings. The minimum Gasteiger partial charge on any atom is -0.453 e. The highest BCUT2D eigenvalue weighted by Crippen LogP contribution is 2.25. The van der Waals surface area contributed by atoms with Gasteiger partial charge in [-0.1, -0.05) is 11.6 Å². The van der Waals surface area contributed by atoms with E-state index in [4.69, 9.17) is 10.2 Å². The number of nitrogens with two attached hydrogens (primary N) is 1. The predicted octanol–water partition coefficient (Wildman–Crippen LogP) is 1.47. The van der Waals surface area contributed by atoms with E-state index in [0.717, 1.165) is 16.5 Å². The third-order valence-electron chi connectivity index (χ3n) is 2.57. The summed E-state index contributed by atoms with van der Waals surface area (Å²) >= 11 is 0. The van der Waals surface area contributed by atoms with E-state index in [-0.39, 0.29) is 11.8 Å². The maximum atomic E-state index is 11.2. The molecular weight excluding hydrogens is 232 g/mol. The number of aromatic amines is 1. The van der Waals surface area contributed by atoms with Gasteiger partial charge in [-0.2, -0.15) is 9.97 Å². The normalized spacial score (nSPS) is 10.9. The van der Waals surface area contributed by atoms with E-state index in [1.807, 2.05) is 25.1 Å². The van der Waals surface area contributed by atoms with Gasteiger partial charge in [0.05, 0.1) is 0 Å². The Balaban J connectivity index is 2.22. The molecule has 3 N–H and O–H groups in total. The molecule has 0 aliphatic carbocycles. The third-order valence-corrected chi connectivity index (χ3v) is 2.57. The molecule has 3 aromatic rings. The molecule has 90 valence electrons. The van der Waals surface area contributed by atoms with Gasteiger partial charge in [0.25, 0.3) is 0 Å². The van der Waals surface area contributed by atoms with Crippen molar-refractivity contribution in [3.8, 4) is 11.6 Å². The molecule has 0 radical (unpaired) electrons. The maximum absolute atomic E-state index is 11.2. The summed E-state index contributed by atoms with van der Waals surface area (Å²) in [6.45, 7) is 2.00. The summed E-state index contributed by atoms with van der Waals surface area (Å²) in [4.78, 5) is 21.1. The van der Waals surface area contributed by atoms with Crippen LogP contribution in [0, 0.1) is 6.92 Å². The van der Waals surface area contributed by atoms with Gasteiger partial charge in [-0.3, -0.25) is 4.98 Å². The topological polar surface area (TPSA) is 97.8 Å². The summed E-state index contributed by atoms with van der Waals surface area (Å²) in [6.07, 6.45) is 0. The van der Waals surface area contributed by atoms with Gasteiger partial charge in [0, 0.05) is 5.39 Å². The maximum Gasteiger partial charge on any atom is 0.349 e. The molecule has 0 saturated heterocycles. The molecule has 6 heteroatoms. The van der Waals surface area contributed by atoms with E-state index in [9.17, 15) is 4.79 Å². The zero-order valence-corrected chi connectivity index (χ0v) is 9.60. The molecule has 3 rings (SSSR count). The second-order valence-electron chi connectivity index (χ2n) is 4.01. The summed E-state index contributed by atoms with van der Waals surface area (Å²) in [5.74, 6) is 0.661. The van der Waals surface area contributed by atoms with Crippen LogP contribution < -0.4 is 11.4 Å². The molecule has 18 heavy (non-hydrogen) atoms. The second-order valence-corrected chi connectivity index (χ2v) is 4.01. The first kappa shape index (κ1) is 10.5. The molecule has 2 aromatic heterocycles. The van der Waals surface area contributed by atoms with Gasteiger partial charge in [0.15, 0.2) is 11.6 Å². The Morgan fingerprint density at radius 2 is 2.11 bits per heavy atom. The van der Waals surface area contributed by atoms with Crippen molar-refractivity contribution in [2.75, 3.05) is 5.73 Å². The number of nitrogen functional groups attached to an aromatic ring is 1. The van der Waals surface area contributed by atoms with Crippen LogP contribution in [0.2, 0.25) is 0 Å². The zero-order chi connectivity index (χ0) is 12.7. The molecule has 0 aliphatic rings. The van der Waals surface area contributed by atoms with E-state index in [2.05, 4.69) is 15.0 Å². The van der Waals surface area contributed by atoms with Gasteiger partial charge in [-0.15, -0.1) is 0 Å². The fraction of sp³-hybridized carbons (Fsp3) is 0.0833. The Hall–Kier alpha value is -2.63. The number of hydrogen-bond donors (Lipinski definition) is 2. The van der Waals surface area contributed by atoms with Gasteiger partial charge in [-0.25, -0.2) is 4.79 Å². The zero-order valence-electron chi connectivity index (χ0n) is 9.60. The van der Waals surface area contributed by atoms with Gasteiger partial charge in [0.1, 0.15) is 5.58 Å². The molecule has 2 heterocycles. The van der Waals surface area contributed by atoms with Crippen LogP contribution in [0.1, 0.15) is 5.56 Å². The number of fused-ring (bicyclic) bond motifs is 1. The van der Waals surface area contributed by atoms with Gasteiger partial charge >= 0.3 is 5.69 Å². The van der Waals surface area contributed by atoms with Crippen LogP contribution in [0.25, 0.3) is 22.6 Å². The quantitative estimate of drug-likeness (QED) is 0.673. The third kappa shape index (κ3) is 1.73. The highest BCUT2D eigenvalue weighted by Gasteiger charge is 2.09. The Kier molecular flexibility index (Phi) is 2.16. The van der Waals surface area contributed by atoms with Crippen molar-refractivity contribution >= 4 is 16.9 Å².